The molecule has 2 aromatic rings. The topological polar surface area (TPSA) is 93.1 Å². The van der Waals surface area contributed by atoms with E-state index in [2.05, 4.69) is 22.3 Å². The first-order valence-corrected chi connectivity index (χ1v) is 10.5. The number of hydrogen-bond acceptors (Lipinski definition) is 4. The zero-order valence-electron chi connectivity index (χ0n) is 18.3. The summed E-state index contributed by atoms with van der Waals surface area (Å²) < 4.78 is 0. The third kappa shape index (κ3) is 5.83. The smallest absolute Gasteiger partial charge is 0.412 e. The van der Waals surface area contributed by atoms with Gasteiger partial charge in [-0.25, -0.2) is 4.79 Å². The predicted octanol–water partition coefficient (Wildman–Crippen LogP) is 3.12. The Morgan fingerprint density at radius 1 is 1.13 bits per heavy atom. The van der Waals surface area contributed by atoms with Gasteiger partial charge in [-0.15, -0.1) is 0 Å². The fraction of sp³-hybridized carbons (Fsp3) is 0.417. The van der Waals surface area contributed by atoms with Gasteiger partial charge in [-0.2, -0.15) is 0 Å². The monoisotopic (exact) mass is 425 g/mol. The van der Waals surface area contributed by atoms with Gasteiger partial charge in [0.15, 0.2) is 0 Å². The highest BCUT2D eigenvalue weighted by molar-refractivity contribution is 5.96. The molecule has 3 rings (SSSR count). The number of β-amino-alcohol motifs (C(OH)–C–C–N with tert-alkyl or cyclic N) is 1. The van der Waals surface area contributed by atoms with Gasteiger partial charge in [0.05, 0.1) is 6.10 Å². The average molecular weight is 426 g/mol. The standard InChI is InChI=1S/C24H31N3O4/c1-24(2,3)27(23(30)31)20-10-6-9-18(13-20)22(29)25-14-21(28)16-26-12-11-17-7-4-5-8-19(17)15-26/h4-10,13,21,28H,11-12,14-16H2,1-3H3,(H,25,29)(H,30,31). The van der Waals surface area contributed by atoms with Crippen molar-refractivity contribution in [2.24, 2.45) is 0 Å². The van der Waals surface area contributed by atoms with Gasteiger partial charge in [0, 0.05) is 43.0 Å². The van der Waals surface area contributed by atoms with Crippen molar-refractivity contribution >= 4 is 17.7 Å². The van der Waals surface area contributed by atoms with Crippen LogP contribution in [0.15, 0.2) is 48.5 Å². The molecule has 0 spiro atoms. The highest BCUT2D eigenvalue weighted by Crippen LogP contribution is 2.25. The second-order valence-electron chi connectivity index (χ2n) is 8.96. The van der Waals surface area contributed by atoms with Crippen LogP contribution in [0.1, 0.15) is 42.3 Å². The van der Waals surface area contributed by atoms with E-state index < -0.39 is 17.7 Å². The Labute approximate surface area is 183 Å². The lowest BCUT2D eigenvalue weighted by atomic mass is 10.00. The van der Waals surface area contributed by atoms with E-state index in [9.17, 15) is 19.8 Å². The lowest BCUT2D eigenvalue weighted by Crippen LogP contribution is -2.45. The number of nitrogens with zero attached hydrogens (tertiary/aromatic N) is 2. The van der Waals surface area contributed by atoms with Crippen LogP contribution < -0.4 is 10.2 Å². The molecule has 1 heterocycles. The van der Waals surface area contributed by atoms with E-state index in [0.29, 0.717) is 17.8 Å². The van der Waals surface area contributed by atoms with Gasteiger partial charge in [-0.3, -0.25) is 14.6 Å². The maximum atomic E-state index is 12.6. The second-order valence-corrected chi connectivity index (χ2v) is 8.96. The second kappa shape index (κ2) is 9.49. The van der Waals surface area contributed by atoms with Crippen LogP contribution in [-0.2, 0) is 13.0 Å². The first kappa shape index (κ1) is 22.8. The van der Waals surface area contributed by atoms with Crippen molar-refractivity contribution in [1.29, 1.82) is 0 Å². The van der Waals surface area contributed by atoms with Crippen LogP contribution >= 0.6 is 0 Å². The quantitative estimate of drug-likeness (QED) is 0.661. The number of aliphatic hydroxyl groups excluding tert-OH is 1. The Balaban J connectivity index is 1.57. The number of rotatable bonds is 6. The average Bonchev–Trinajstić information content (AvgIpc) is 2.71. The number of nitrogens with one attached hydrogen (secondary N) is 1. The van der Waals surface area contributed by atoms with Crippen LogP contribution in [0.5, 0.6) is 0 Å². The molecule has 1 unspecified atom stereocenters. The molecular weight excluding hydrogens is 394 g/mol. The van der Waals surface area contributed by atoms with Crippen LogP contribution in [0.4, 0.5) is 10.5 Å². The molecule has 0 fully saturated rings. The van der Waals surface area contributed by atoms with Gasteiger partial charge < -0.3 is 15.5 Å². The van der Waals surface area contributed by atoms with E-state index >= 15 is 0 Å². The Kier molecular flexibility index (Phi) is 6.97. The number of carboxylic acid groups (broad SMARTS) is 1. The van der Waals surface area contributed by atoms with E-state index in [4.69, 9.17) is 0 Å². The van der Waals surface area contributed by atoms with E-state index in [-0.39, 0.29) is 12.5 Å². The fourth-order valence-electron chi connectivity index (χ4n) is 3.96. The third-order valence-electron chi connectivity index (χ3n) is 5.41. The first-order valence-electron chi connectivity index (χ1n) is 10.5. The van der Waals surface area contributed by atoms with Crippen molar-refractivity contribution in [3.05, 3.63) is 65.2 Å². The van der Waals surface area contributed by atoms with Crippen LogP contribution in [0.25, 0.3) is 0 Å². The van der Waals surface area contributed by atoms with Crippen LogP contribution in [-0.4, -0.2) is 58.4 Å². The summed E-state index contributed by atoms with van der Waals surface area (Å²) in [6.45, 7) is 7.66. The Morgan fingerprint density at radius 2 is 1.84 bits per heavy atom. The number of amides is 2. The van der Waals surface area contributed by atoms with Crippen LogP contribution in [0.3, 0.4) is 0 Å². The third-order valence-corrected chi connectivity index (χ3v) is 5.41. The predicted molar refractivity (Wildman–Crippen MR) is 120 cm³/mol. The number of hydrogen-bond donors (Lipinski definition) is 3. The number of fused-ring (bicyclic) bond motifs is 1. The summed E-state index contributed by atoms with van der Waals surface area (Å²) in [6.07, 6.45) is -0.818. The maximum Gasteiger partial charge on any atom is 0.412 e. The van der Waals surface area contributed by atoms with E-state index in [0.717, 1.165) is 19.5 Å². The molecule has 1 atom stereocenters. The van der Waals surface area contributed by atoms with Crippen molar-refractivity contribution < 1.29 is 19.8 Å². The van der Waals surface area contributed by atoms with E-state index in [1.807, 2.05) is 12.1 Å². The van der Waals surface area contributed by atoms with Crippen molar-refractivity contribution in [3.8, 4) is 0 Å². The summed E-state index contributed by atoms with van der Waals surface area (Å²) in [7, 11) is 0. The van der Waals surface area contributed by atoms with Crippen molar-refractivity contribution in [1.82, 2.24) is 10.2 Å². The summed E-state index contributed by atoms with van der Waals surface area (Å²) in [6, 6.07) is 14.8. The maximum absolute atomic E-state index is 12.6. The molecule has 1 aliphatic heterocycles. The molecule has 31 heavy (non-hydrogen) atoms. The molecule has 3 N–H and O–H groups in total. The number of carbonyl (C=O) groups is 2. The minimum atomic E-state index is -1.08. The van der Waals surface area contributed by atoms with E-state index in [1.165, 1.54) is 16.0 Å². The molecule has 2 aromatic carbocycles. The molecule has 7 nitrogen and oxygen atoms in total. The Morgan fingerprint density at radius 3 is 2.52 bits per heavy atom. The molecule has 0 radical (unpaired) electrons. The van der Waals surface area contributed by atoms with Gasteiger partial charge in [0.25, 0.3) is 5.91 Å². The van der Waals surface area contributed by atoms with Gasteiger partial charge in [-0.05, 0) is 56.5 Å². The number of benzene rings is 2. The minimum absolute atomic E-state index is 0.128. The summed E-state index contributed by atoms with van der Waals surface area (Å²) >= 11 is 0. The molecule has 0 aromatic heterocycles. The number of aliphatic hydroxyl groups is 1. The molecular formula is C24H31N3O4. The van der Waals surface area contributed by atoms with Crippen molar-refractivity contribution in [3.63, 3.8) is 0 Å². The number of anilines is 1. The van der Waals surface area contributed by atoms with Gasteiger partial charge in [-0.1, -0.05) is 30.3 Å². The summed E-state index contributed by atoms with van der Waals surface area (Å²) in [5.74, 6) is -0.343. The van der Waals surface area contributed by atoms with Gasteiger partial charge in [0.2, 0.25) is 0 Å². The van der Waals surface area contributed by atoms with Crippen molar-refractivity contribution in [2.75, 3.05) is 24.5 Å². The normalized spacial score (nSPS) is 15.1. The van der Waals surface area contributed by atoms with E-state index in [1.54, 1.807) is 45.0 Å². The molecule has 7 heteroatoms. The lowest BCUT2D eigenvalue weighted by molar-refractivity contribution is 0.0842. The molecule has 2 amide bonds. The highest BCUT2D eigenvalue weighted by Gasteiger charge is 2.28. The van der Waals surface area contributed by atoms with Gasteiger partial charge in [0.1, 0.15) is 0 Å². The fourth-order valence-corrected chi connectivity index (χ4v) is 3.96. The minimum Gasteiger partial charge on any atom is -0.465 e. The molecule has 0 saturated carbocycles. The first-order chi connectivity index (χ1) is 14.6. The summed E-state index contributed by atoms with van der Waals surface area (Å²) in [5, 5.41) is 22.8. The highest BCUT2D eigenvalue weighted by atomic mass is 16.4. The van der Waals surface area contributed by atoms with Gasteiger partial charge >= 0.3 is 6.09 Å². The Bertz CT molecular complexity index is 938. The van der Waals surface area contributed by atoms with Crippen molar-refractivity contribution in [2.45, 2.75) is 45.4 Å². The molecule has 1 aliphatic rings. The molecule has 0 saturated heterocycles. The SMILES string of the molecule is CC(C)(C)N(C(=O)O)c1cccc(C(=O)NCC(O)CN2CCc3ccccc3C2)c1. The molecule has 166 valence electrons. The zero-order valence-corrected chi connectivity index (χ0v) is 18.3. The summed E-state index contributed by atoms with van der Waals surface area (Å²) in [5.41, 5.74) is 2.77. The lowest BCUT2D eigenvalue weighted by Gasteiger charge is -2.33. The van der Waals surface area contributed by atoms with Crippen LogP contribution in [0, 0.1) is 0 Å². The number of carbonyl (C=O) groups excluding carboxylic acids is 1. The largest absolute Gasteiger partial charge is 0.465 e. The molecule has 0 bridgehead atoms. The zero-order chi connectivity index (χ0) is 22.6. The summed E-state index contributed by atoms with van der Waals surface area (Å²) in [4.78, 5) is 27.7. The van der Waals surface area contributed by atoms with Crippen LogP contribution in [0.2, 0.25) is 0 Å². The Hall–Kier alpha value is -2.90. The molecule has 0 aliphatic carbocycles.